The lowest BCUT2D eigenvalue weighted by molar-refractivity contribution is 0.623. The van der Waals surface area contributed by atoms with Crippen molar-refractivity contribution in [2.45, 2.75) is 12.8 Å². The smallest absolute Gasteiger partial charge is 0.139 e. The van der Waals surface area contributed by atoms with Gasteiger partial charge in [0, 0.05) is 10.5 Å². The Labute approximate surface area is 143 Å². The van der Waals surface area contributed by atoms with Gasteiger partial charge in [-0.25, -0.2) is 9.37 Å². The number of fused-ring (bicyclic) bond motifs is 1. The lowest BCUT2D eigenvalue weighted by Gasteiger charge is -2.11. The summed E-state index contributed by atoms with van der Waals surface area (Å²) in [5.41, 5.74) is 3.48. The summed E-state index contributed by atoms with van der Waals surface area (Å²) >= 11 is 12.7. The van der Waals surface area contributed by atoms with Gasteiger partial charge in [-0.2, -0.15) is 0 Å². The second-order valence-corrected chi connectivity index (χ2v) is 6.72. The molecular formula is C15H10Br2ClFN2. The van der Waals surface area contributed by atoms with Crippen LogP contribution in [0.2, 0.25) is 0 Å². The molecular weight excluding hydrogens is 422 g/mol. The molecule has 0 fully saturated rings. The zero-order chi connectivity index (χ0) is 15.1. The van der Waals surface area contributed by atoms with Gasteiger partial charge in [0.15, 0.2) is 0 Å². The van der Waals surface area contributed by atoms with Gasteiger partial charge >= 0.3 is 0 Å². The van der Waals surface area contributed by atoms with Gasteiger partial charge in [-0.15, -0.1) is 11.6 Å². The van der Waals surface area contributed by atoms with Crippen LogP contribution in [0, 0.1) is 12.7 Å². The van der Waals surface area contributed by atoms with Gasteiger partial charge in [-0.1, -0.05) is 15.9 Å². The third kappa shape index (κ3) is 2.62. The molecule has 1 heterocycles. The molecule has 0 N–H and O–H groups in total. The Kier molecular flexibility index (Phi) is 4.08. The molecule has 0 amide bonds. The zero-order valence-electron chi connectivity index (χ0n) is 11.0. The van der Waals surface area contributed by atoms with Gasteiger partial charge < -0.3 is 0 Å². The average molecular weight is 433 g/mol. The number of aromatic nitrogens is 2. The fraction of sp³-hybridized carbons (Fsp3) is 0.133. The number of hydrogen-bond donors (Lipinski definition) is 0. The van der Waals surface area contributed by atoms with Crippen LogP contribution in [-0.2, 0) is 5.88 Å². The van der Waals surface area contributed by atoms with Crippen LogP contribution in [0.15, 0.2) is 39.3 Å². The molecule has 3 rings (SSSR count). The Morgan fingerprint density at radius 1 is 1.24 bits per heavy atom. The largest absolute Gasteiger partial charge is 0.295 e. The van der Waals surface area contributed by atoms with Crippen LogP contribution in [0.1, 0.15) is 11.4 Å². The summed E-state index contributed by atoms with van der Waals surface area (Å²) in [6.07, 6.45) is 0. The molecule has 21 heavy (non-hydrogen) atoms. The molecule has 108 valence electrons. The van der Waals surface area contributed by atoms with Crippen molar-refractivity contribution in [3.8, 4) is 5.69 Å². The predicted molar refractivity (Wildman–Crippen MR) is 90.7 cm³/mol. The molecule has 0 radical (unpaired) electrons. The molecule has 0 aliphatic rings. The van der Waals surface area contributed by atoms with E-state index >= 15 is 0 Å². The number of benzene rings is 2. The Morgan fingerprint density at radius 2 is 2.00 bits per heavy atom. The van der Waals surface area contributed by atoms with Crippen molar-refractivity contribution in [3.63, 3.8) is 0 Å². The highest BCUT2D eigenvalue weighted by molar-refractivity contribution is 9.10. The third-order valence-corrected chi connectivity index (χ3v) is 4.63. The minimum absolute atomic E-state index is 0.253. The molecule has 0 saturated heterocycles. The highest BCUT2D eigenvalue weighted by Gasteiger charge is 2.15. The Bertz CT molecular complexity index is 845. The van der Waals surface area contributed by atoms with Crippen LogP contribution < -0.4 is 0 Å². The van der Waals surface area contributed by atoms with Crippen LogP contribution in [0.4, 0.5) is 4.39 Å². The fourth-order valence-electron chi connectivity index (χ4n) is 2.35. The maximum Gasteiger partial charge on any atom is 0.139 e. The Balaban J connectivity index is 2.37. The summed E-state index contributed by atoms with van der Waals surface area (Å²) in [6, 6.07) is 9.13. The van der Waals surface area contributed by atoms with Gasteiger partial charge in [0.25, 0.3) is 0 Å². The van der Waals surface area contributed by atoms with Gasteiger partial charge in [0.1, 0.15) is 11.6 Å². The van der Waals surface area contributed by atoms with E-state index in [-0.39, 0.29) is 11.7 Å². The van der Waals surface area contributed by atoms with Crippen molar-refractivity contribution in [2.24, 2.45) is 0 Å². The SMILES string of the molecule is Cc1cc(Br)ccc1-n1c(CCl)nc2cc(F)c(Br)cc21. The van der Waals surface area contributed by atoms with E-state index in [1.165, 1.54) is 6.07 Å². The van der Waals surface area contributed by atoms with E-state index < -0.39 is 0 Å². The summed E-state index contributed by atoms with van der Waals surface area (Å²) in [6.45, 7) is 2.02. The standard InChI is InChI=1S/C15H10Br2ClFN2/c1-8-4-9(16)2-3-13(8)21-14-5-10(17)11(19)6-12(14)20-15(21)7-18/h2-6H,7H2,1H3. The second-order valence-electron chi connectivity index (χ2n) is 4.68. The van der Waals surface area contributed by atoms with Crippen molar-refractivity contribution >= 4 is 54.5 Å². The van der Waals surface area contributed by atoms with Crippen LogP contribution in [-0.4, -0.2) is 9.55 Å². The molecule has 1 aromatic heterocycles. The first-order valence-corrected chi connectivity index (χ1v) is 8.32. The number of halogens is 4. The van der Waals surface area contributed by atoms with Crippen LogP contribution >= 0.6 is 43.5 Å². The van der Waals surface area contributed by atoms with E-state index in [1.54, 1.807) is 6.07 Å². The van der Waals surface area contributed by atoms with Gasteiger partial charge in [-0.05, 0) is 52.7 Å². The van der Waals surface area contributed by atoms with Crippen molar-refractivity contribution in [1.29, 1.82) is 0 Å². The van der Waals surface area contributed by atoms with Crippen molar-refractivity contribution in [2.75, 3.05) is 0 Å². The van der Waals surface area contributed by atoms with Gasteiger partial charge in [-0.3, -0.25) is 4.57 Å². The third-order valence-electron chi connectivity index (χ3n) is 3.29. The maximum atomic E-state index is 13.7. The number of alkyl halides is 1. The molecule has 2 aromatic carbocycles. The molecule has 0 spiro atoms. The summed E-state index contributed by atoms with van der Waals surface area (Å²) < 4.78 is 17.1. The number of nitrogens with zero attached hydrogens (tertiary/aromatic N) is 2. The summed E-state index contributed by atoms with van der Waals surface area (Å²) in [7, 11) is 0. The van der Waals surface area contributed by atoms with E-state index in [4.69, 9.17) is 11.6 Å². The van der Waals surface area contributed by atoms with E-state index in [1.807, 2.05) is 29.7 Å². The summed E-state index contributed by atoms with van der Waals surface area (Å²) in [5, 5.41) is 0. The first-order valence-electron chi connectivity index (χ1n) is 6.20. The first-order chi connectivity index (χ1) is 10.0. The van der Waals surface area contributed by atoms with Gasteiger partial charge in [0.2, 0.25) is 0 Å². The summed E-state index contributed by atoms with van der Waals surface area (Å²) in [4.78, 5) is 4.43. The molecule has 0 aliphatic carbocycles. The second kappa shape index (κ2) is 5.71. The molecule has 0 unspecified atom stereocenters. The normalized spacial score (nSPS) is 11.3. The highest BCUT2D eigenvalue weighted by atomic mass is 79.9. The predicted octanol–water partition coefficient (Wildman–Crippen LogP) is 5.74. The zero-order valence-corrected chi connectivity index (χ0v) is 14.9. The number of hydrogen-bond acceptors (Lipinski definition) is 1. The Hall–Kier alpha value is -0.910. The number of imidazole rings is 1. The van der Waals surface area contributed by atoms with E-state index in [2.05, 4.69) is 36.8 Å². The van der Waals surface area contributed by atoms with Crippen LogP contribution in [0.5, 0.6) is 0 Å². The lowest BCUT2D eigenvalue weighted by atomic mass is 10.2. The lowest BCUT2D eigenvalue weighted by Crippen LogP contribution is -2.01. The van der Waals surface area contributed by atoms with E-state index in [0.29, 0.717) is 15.8 Å². The molecule has 0 aliphatic heterocycles. The van der Waals surface area contributed by atoms with Crippen molar-refractivity contribution < 1.29 is 4.39 Å². The molecule has 2 nitrogen and oxygen atoms in total. The van der Waals surface area contributed by atoms with E-state index in [9.17, 15) is 4.39 Å². The number of aryl methyl sites for hydroxylation is 1. The Morgan fingerprint density at radius 3 is 2.67 bits per heavy atom. The quantitative estimate of drug-likeness (QED) is 0.473. The van der Waals surface area contributed by atoms with E-state index in [0.717, 1.165) is 21.2 Å². The highest BCUT2D eigenvalue weighted by Crippen LogP contribution is 2.29. The minimum Gasteiger partial charge on any atom is -0.295 e. The molecule has 0 bridgehead atoms. The average Bonchev–Trinajstić information content (AvgIpc) is 2.77. The number of rotatable bonds is 2. The van der Waals surface area contributed by atoms with Crippen LogP contribution in [0.25, 0.3) is 16.7 Å². The molecule has 0 saturated carbocycles. The van der Waals surface area contributed by atoms with Crippen molar-refractivity contribution in [1.82, 2.24) is 9.55 Å². The molecule has 6 heteroatoms. The van der Waals surface area contributed by atoms with Crippen molar-refractivity contribution in [3.05, 3.63) is 56.5 Å². The maximum absolute atomic E-state index is 13.7. The first kappa shape index (κ1) is 15.0. The minimum atomic E-state index is -0.333. The summed E-state index contributed by atoms with van der Waals surface area (Å²) in [5.74, 6) is 0.610. The van der Waals surface area contributed by atoms with Crippen LogP contribution in [0.3, 0.4) is 0 Å². The topological polar surface area (TPSA) is 17.8 Å². The molecule has 0 atom stereocenters. The van der Waals surface area contributed by atoms with Gasteiger partial charge in [0.05, 0.1) is 27.1 Å². The molecule has 3 aromatic rings. The monoisotopic (exact) mass is 430 g/mol. The fourth-order valence-corrected chi connectivity index (χ4v) is 3.34.